The van der Waals surface area contributed by atoms with Gasteiger partial charge in [0.1, 0.15) is 6.10 Å². The van der Waals surface area contributed by atoms with Gasteiger partial charge in [0.25, 0.3) is 0 Å². The van der Waals surface area contributed by atoms with Crippen LogP contribution in [0.25, 0.3) is 0 Å². The standard InChI is InChI=1S/C12H24O2/c1-6-8-10(13)11(12(3,4)5)14-9-7-2/h11H,6-9H2,1-5H3. The van der Waals surface area contributed by atoms with E-state index in [0.29, 0.717) is 13.0 Å². The van der Waals surface area contributed by atoms with Gasteiger partial charge in [0.2, 0.25) is 0 Å². The predicted molar refractivity (Wildman–Crippen MR) is 59.4 cm³/mol. The molecule has 0 spiro atoms. The molecular weight excluding hydrogens is 176 g/mol. The van der Waals surface area contributed by atoms with Crippen molar-refractivity contribution in [2.45, 2.75) is 60.0 Å². The molecule has 0 aliphatic carbocycles. The van der Waals surface area contributed by atoms with E-state index in [-0.39, 0.29) is 17.3 Å². The largest absolute Gasteiger partial charge is 0.370 e. The van der Waals surface area contributed by atoms with Gasteiger partial charge in [0, 0.05) is 13.0 Å². The molecule has 0 bridgehead atoms. The Morgan fingerprint density at radius 2 is 1.79 bits per heavy atom. The van der Waals surface area contributed by atoms with Gasteiger partial charge in [-0.15, -0.1) is 0 Å². The fourth-order valence-electron chi connectivity index (χ4n) is 1.44. The molecule has 1 atom stereocenters. The number of ketones is 1. The third-order valence-electron chi connectivity index (χ3n) is 2.06. The van der Waals surface area contributed by atoms with Gasteiger partial charge >= 0.3 is 0 Å². The average Bonchev–Trinajstić information content (AvgIpc) is 2.03. The summed E-state index contributed by atoms with van der Waals surface area (Å²) in [5.74, 6) is 0.244. The molecule has 1 unspecified atom stereocenters. The second-order valence-electron chi connectivity index (χ2n) is 4.83. The minimum atomic E-state index is -0.234. The first kappa shape index (κ1) is 13.6. The summed E-state index contributed by atoms with van der Waals surface area (Å²) >= 11 is 0. The van der Waals surface area contributed by atoms with Gasteiger partial charge in [-0.05, 0) is 18.3 Å². The summed E-state index contributed by atoms with van der Waals surface area (Å²) in [5, 5.41) is 0. The van der Waals surface area contributed by atoms with Crippen LogP contribution in [0, 0.1) is 5.41 Å². The van der Waals surface area contributed by atoms with E-state index in [2.05, 4.69) is 27.7 Å². The molecule has 0 saturated carbocycles. The zero-order chi connectivity index (χ0) is 11.2. The molecule has 0 saturated heterocycles. The predicted octanol–water partition coefficient (Wildman–Crippen LogP) is 3.20. The van der Waals surface area contributed by atoms with Gasteiger partial charge < -0.3 is 4.74 Å². The molecule has 84 valence electrons. The molecule has 0 aliphatic rings. The smallest absolute Gasteiger partial charge is 0.162 e. The van der Waals surface area contributed by atoms with Crippen molar-refractivity contribution in [1.29, 1.82) is 0 Å². The lowest BCUT2D eigenvalue weighted by Gasteiger charge is -2.29. The van der Waals surface area contributed by atoms with Crippen molar-refractivity contribution < 1.29 is 9.53 Å². The molecule has 2 nitrogen and oxygen atoms in total. The summed E-state index contributed by atoms with van der Waals surface area (Å²) in [7, 11) is 0. The molecule has 0 aromatic rings. The number of carbonyl (C=O) groups is 1. The van der Waals surface area contributed by atoms with Crippen LogP contribution < -0.4 is 0 Å². The summed E-state index contributed by atoms with van der Waals surface area (Å²) < 4.78 is 5.62. The SMILES string of the molecule is CCCOC(C(=O)CCC)C(C)(C)C. The molecule has 0 heterocycles. The van der Waals surface area contributed by atoms with Gasteiger partial charge in [0.15, 0.2) is 5.78 Å². The monoisotopic (exact) mass is 200 g/mol. The number of hydrogen-bond donors (Lipinski definition) is 0. The van der Waals surface area contributed by atoms with E-state index >= 15 is 0 Å². The zero-order valence-electron chi connectivity index (χ0n) is 10.2. The second-order valence-corrected chi connectivity index (χ2v) is 4.83. The number of hydrogen-bond acceptors (Lipinski definition) is 2. The lowest BCUT2D eigenvalue weighted by Crippen LogP contribution is -2.37. The van der Waals surface area contributed by atoms with Gasteiger partial charge in [-0.1, -0.05) is 34.6 Å². The third-order valence-corrected chi connectivity index (χ3v) is 2.06. The van der Waals surface area contributed by atoms with Crippen molar-refractivity contribution in [1.82, 2.24) is 0 Å². The highest BCUT2D eigenvalue weighted by Gasteiger charge is 2.30. The van der Waals surface area contributed by atoms with Crippen molar-refractivity contribution in [3.8, 4) is 0 Å². The normalized spacial score (nSPS) is 14.1. The van der Waals surface area contributed by atoms with Crippen LogP contribution in [0.3, 0.4) is 0 Å². The Kier molecular flexibility index (Phi) is 6.01. The molecule has 0 aromatic carbocycles. The van der Waals surface area contributed by atoms with E-state index in [1.807, 2.05) is 6.92 Å². The maximum absolute atomic E-state index is 11.8. The molecule has 0 N–H and O–H groups in total. The Hall–Kier alpha value is -0.370. The molecule has 0 amide bonds. The maximum atomic E-state index is 11.8. The second kappa shape index (κ2) is 6.18. The van der Waals surface area contributed by atoms with Crippen LogP contribution >= 0.6 is 0 Å². The number of ether oxygens (including phenoxy) is 1. The van der Waals surface area contributed by atoms with E-state index < -0.39 is 0 Å². The van der Waals surface area contributed by atoms with E-state index in [1.54, 1.807) is 0 Å². The van der Waals surface area contributed by atoms with Crippen LogP contribution in [-0.2, 0) is 9.53 Å². The van der Waals surface area contributed by atoms with Crippen LogP contribution in [0.2, 0.25) is 0 Å². The molecule has 2 heteroatoms. The van der Waals surface area contributed by atoms with Gasteiger partial charge in [-0.25, -0.2) is 0 Å². The minimum Gasteiger partial charge on any atom is -0.370 e. The number of Topliss-reactive ketones (excluding diaryl/α,β-unsaturated/α-hetero) is 1. The first-order valence-electron chi connectivity index (χ1n) is 5.57. The quantitative estimate of drug-likeness (QED) is 0.658. The Balaban J connectivity index is 4.31. The highest BCUT2D eigenvalue weighted by molar-refractivity contribution is 5.83. The van der Waals surface area contributed by atoms with Crippen LogP contribution in [0.1, 0.15) is 53.9 Å². The molecule has 0 aromatic heterocycles. The van der Waals surface area contributed by atoms with Crippen molar-refractivity contribution in [3.63, 3.8) is 0 Å². The van der Waals surface area contributed by atoms with Crippen LogP contribution in [0.15, 0.2) is 0 Å². The Morgan fingerprint density at radius 1 is 1.21 bits per heavy atom. The fourth-order valence-corrected chi connectivity index (χ4v) is 1.44. The van der Waals surface area contributed by atoms with E-state index in [0.717, 1.165) is 12.8 Å². The maximum Gasteiger partial charge on any atom is 0.162 e. The van der Waals surface area contributed by atoms with Crippen molar-refractivity contribution in [2.75, 3.05) is 6.61 Å². The van der Waals surface area contributed by atoms with Crippen LogP contribution in [-0.4, -0.2) is 18.5 Å². The van der Waals surface area contributed by atoms with Crippen LogP contribution in [0.5, 0.6) is 0 Å². The first-order chi connectivity index (χ1) is 6.43. The Morgan fingerprint density at radius 3 is 2.14 bits per heavy atom. The van der Waals surface area contributed by atoms with Crippen molar-refractivity contribution in [3.05, 3.63) is 0 Å². The lowest BCUT2D eigenvalue weighted by molar-refractivity contribution is -0.137. The van der Waals surface area contributed by atoms with Gasteiger partial charge in [-0.2, -0.15) is 0 Å². The zero-order valence-corrected chi connectivity index (χ0v) is 10.2. The topological polar surface area (TPSA) is 26.3 Å². The molecule has 0 fully saturated rings. The summed E-state index contributed by atoms with van der Waals surface area (Å²) in [5.41, 5.74) is -0.0819. The number of rotatable bonds is 6. The third kappa shape index (κ3) is 4.75. The first-order valence-corrected chi connectivity index (χ1v) is 5.57. The van der Waals surface area contributed by atoms with Crippen molar-refractivity contribution >= 4 is 5.78 Å². The molecule has 0 rings (SSSR count). The molecular formula is C12H24O2. The van der Waals surface area contributed by atoms with Gasteiger partial charge in [0.05, 0.1) is 0 Å². The minimum absolute atomic E-state index is 0.0819. The molecule has 14 heavy (non-hydrogen) atoms. The highest BCUT2D eigenvalue weighted by Crippen LogP contribution is 2.24. The fraction of sp³-hybridized carbons (Fsp3) is 0.917. The van der Waals surface area contributed by atoms with Gasteiger partial charge in [-0.3, -0.25) is 4.79 Å². The number of carbonyl (C=O) groups excluding carboxylic acids is 1. The highest BCUT2D eigenvalue weighted by atomic mass is 16.5. The average molecular weight is 200 g/mol. The summed E-state index contributed by atoms with van der Waals surface area (Å²) in [4.78, 5) is 11.8. The summed E-state index contributed by atoms with van der Waals surface area (Å²) in [6.07, 6.45) is 2.26. The Bertz CT molecular complexity index is 168. The molecule has 0 radical (unpaired) electrons. The van der Waals surface area contributed by atoms with E-state index in [9.17, 15) is 4.79 Å². The van der Waals surface area contributed by atoms with Crippen molar-refractivity contribution in [2.24, 2.45) is 5.41 Å². The van der Waals surface area contributed by atoms with Crippen LogP contribution in [0.4, 0.5) is 0 Å². The van der Waals surface area contributed by atoms with E-state index in [4.69, 9.17) is 4.74 Å². The summed E-state index contributed by atoms with van der Waals surface area (Å²) in [6, 6.07) is 0. The van der Waals surface area contributed by atoms with E-state index in [1.165, 1.54) is 0 Å². The molecule has 0 aliphatic heterocycles. The lowest BCUT2D eigenvalue weighted by atomic mass is 9.85. The summed E-state index contributed by atoms with van der Waals surface area (Å²) in [6.45, 7) is 10.9. The Labute approximate surface area is 88.0 Å².